The van der Waals surface area contributed by atoms with Gasteiger partial charge in [0.1, 0.15) is 5.75 Å². The van der Waals surface area contributed by atoms with Crippen LogP contribution in [0.4, 0.5) is 5.69 Å². The summed E-state index contributed by atoms with van der Waals surface area (Å²) in [6, 6.07) is 4.68. The normalized spacial score (nSPS) is 18.3. The molecule has 0 saturated heterocycles. The van der Waals surface area contributed by atoms with Crippen molar-refractivity contribution in [2.45, 2.75) is 12.5 Å². The molecule has 1 unspecified atom stereocenters. The van der Waals surface area contributed by atoms with Crippen molar-refractivity contribution in [1.82, 2.24) is 0 Å². The van der Waals surface area contributed by atoms with Gasteiger partial charge in [-0.05, 0) is 18.2 Å². The summed E-state index contributed by atoms with van der Waals surface area (Å²) >= 11 is 0. The number of nitrogens with one attached hydrogen (secondary N) is 1. The molecular formula is C10H11NO5S. The van der Waals surface area contributed by atoms with Crippen molar-refractivity contribution in [3.8, 4) is 5.75 Å². The number of hydrogen-bond acceptors (Lipinski definition) is 4. The van der Waals surface area contributed by atoms with Crippen molar-refractivity contribution in [2.24, 2.45) is 0 Å². The smallest absolute Gasteiger partial charge is 0.345 e. The van der Waals surface area contributed by atoms with Crippen LogP contribution in [0.2, 0.25) is 0 Å². The summed E-state index contributed by atoms with van der Waals surface area (Å²) in [5.74, 6) is -0.546. The minimum atomic E-state index is -3.33. The van der Waals surface area contributed by atoms with Crippen LogP contribution >= 0.6 is 0 Å². The van der Waals surface area contributed by atoms with Gasteiger partial charge in [-0.25, -0.2) is 13.2 Å². The molecule has 1 atom stereocenters. The quantitative estimate of drug-likeness (QED) is 0.820. The van der Waals surface area contributed by atoms with Crippen LogP contribution in [0.25, 0.3) is 0 Å². The van der Waals surface area contributed by atoms with Crippen LogP contribution in [-0.4, -0.2) is 31.9 Å². The van der Waals surface area contributed by atoms with Gasteiger partial charge in [-0.15, -0.1) is 0 Å². The Labute approximate surface area is 98.3 Å². The lowest BCUT2D eigenvalue weighted by molar-refractivity contribution is -0.144. The summed E-state index contributed by atoms with van der Waals surface area (Å²) in [4.78, 5) is 10.7. The summed E-state index contributed by atoms with van der Waals surface area (Å²) in [5.41, 5.74) is 1.09. The lowest BCUT2D eigenvalue weighted by atomic mass is 10.1. The Bertz CT molecular complexity index is 566. The van der Waals surface area contributed by atoms with Gasteiger partial charge in [0, 0.05) is 17.7 Å². The first-order valence-corrected chi connectivity index (χ1v) is 6.74. The molecule has 7 heteroatoms. The fourth-order valence-corrected chi connectivity index (χ4v) is 2.22. The second-order valence-electron chi connectivity index (χ2n) is 3.85. The number of rotatable bonds is 3. The van der Waals surface area contributed by atoms with Crippen LogP contribution in [0.15, 0.2) is 18.2 Å². The molecule has 0 fully saturated rings. The summed E-state index contributed by atoms with van der Waals surface area (Å²) in [5, 5.41) is 8.80. The molecule has 2 N–H and O–H groups in total. The Morgan fingerprint density at radius 2 is 2.24 bits per heavy atom. The standard InChI is InChI=1S/C10H11NO5S/c1-17(14,15)11-7-2-3-8-6(4-7)5-9(16-8)10(12)13/h2-4,9,11H,5H2,1H3,(H,12,13). The highest BCUT2D eigenvalue weighted by molar-refractivity contribution is 7.92. The molecule has 6 nitrogen and oxygen atoms in total. The van der Waals surface area contributed by atoms with E-state index in [0.717, 1.165) is 6.26 Å². The lowest BCUT2D eigenvalue weighted by Gasteiger charge is -2.05. The molecule has 0 amide bonds. The van der Waals surface area contributed by atoms with E-state index in [1.807, 2.05) is 0 Å². The molecule has 0 saturated carbocycles. The largest absolute Gasteiger partial charge is 0.478 e. The van der Waals surface area contributed by atoms with Gasteiger partial charge in [0.25, 0.3) is 0 Å². The van der Waals surface area contributed by atoms with Crippen molar-refractivity contribution < 1.29 is 23.1 Å². The van der Waals surface area contributed by atoms with Crippen molar-refractivity contribution in [1.29, 1.82) is 0 Å². The number of aliphatic carboxylic acids is 1. The van der Waals surface area contributed by atoms with Crippen LogP contribution in [0.5, 0.6) is 5.75 Å². The highest BCUT2D eigenvalue weighted by Crippen LogP contribution is 2.31. The summed E-state index contributed by atoms with van der Waals surface area (Å²) in [7, 11) is -3.33. The first-order chi connectivity index (χ1) is 7.85. The van der Waals surface area contributed by atoms with Crippen molar-refractivity contribution in [3.63, 3.8) is 0 Å². The number of carboxylic acids is 1. The van der Waals surface area contributed by atoms with Gasteiger partial charge in [-0.3, -0.25) is 4.72 Å². The zero-order chi connectivity index (χ0) is 12.6. The molecule has 1 aromatic rings. The van der Waals surface area contributed by atoms with E-state index < -0.39 is 22.1 Å². The molecular weight excluding hydrogens is 246 g/mol. The van der Waals surface area contributed by atoms with Gasteiger partial charge in [-0.2, -0.15) is 0 Å². The minimum Gasteiger partial charge on any atom is -0.478 e. The molecule has 17 heavy (non-hydrogen) atoms. The molecule has 1 aliphatic heterocycles. The van der Waals surface area contributed by atoms with E-state index in [1.54, 1.807) is 12.1 Å². The Balaban J connectivity index is 2.24. The Hall–Kier alpha value is -1.76. The number of carboxylic acid groups (broad SMARTS) is 1. The van der Waals surface area contributed by atoms with Crippen molar-refractivity contribution in [2.75, 3.05) is 11.0 Å². The highest BCUT2D eigenvalue weighted by Gasteiger charge is 2.28. The monoisotopic (exact) mass is 257 g/mol. The molecule has 1 heterocycles. The van der Waals surface area contributed by atoms with Gasteiger partial charge >= 0.3 is 5.97 Å². The Kier molecular flexibility index (Phi) is 2.70. The third kappa shape index (κ3) is 2.68. The number of anilines is 1. The zero-order valence-electron chi connectivity index (χ0n) is 9.00. The molecule has 0 radical (unpaired) electrons. The summed E-state index contributed by atoms with van der Waals surface area (Å²) in [6.45, 7) is 0. The average Bonchev–Trinajstić information content (AvgIpc) is 2.57. The molecule has 0 aromatic heterocycles. The number of ether oxygens (including phenoxy) is 1. The fourth-order valence-electron chi connectivity index (χ4n) is 1.66. The maximum Gasteiger partial charge on any atom is 0.345 e. The topological polar surface area (TPSA) is 92.7 Å². The second kappa shape index (κ2) is 3.92. The van der Waals surface area contributed by atoms with E-state index in [9.17, 15) is 13.2 Å². The predicted molar refractivity (Wildman–Crippen MR) is 60.7 cm³/mol. The van der Waals surface area contributed by atoms with E-state index in [4.69, 9.17) is 9.84 Å². The fraction of sp³-hybridized carbons (Fsp3) is 0.300. The highest BCUT2D eigenvalue weighted by atomic mass is 32.2. The minimum absolute atomic E-state index is 0.240. The maximum absolute atomic E-state index is 11.0. The third-order valence-corrected chi connectivity index (χ3v) is 2.92. The molecule has 1 aromatic carbocycles. The van der Waals surface area contributed by atoms with Crippen LogP contribution in [-0.2, 0) is 21.2 Å². The SMILES string of the molecule is CS(=O)(=O)Nc1ccc2c(c1)CC(C(=O)O)O2. The zero-order valence-corrected chi connectivity index (χ0v) is 9.82. The average molecular weight is 257 g/mol. The van der Waals surface area contributed by atoms with Crippen LogP contribution < -0.4 is 9.46 Å². The van der Waals surface area contributed by atoms with E-state index in [1.165, 1.54) is 6.07 Å². The third-order valence-electron chi connectivity index (χ3n) is 2.31. The van der Waals surface area contributed by atoms with Gasteiger partial charge in [0.05, 0.1) is 6.26 Å². The first kappa shape index (κ1) is 11.7. The summed E-state index contributed by atoms with van der Waals surface area (Å²) < 4.78 is 29.6. The number of sulfonamides is 1. The maximum atomic E-state index is 11.0. The molecule has 92 valence electrons. The van der Waals surface area contributed by atoms with Gasteiger partial charge in [0.15, 0.2) is 6.10 Å². The molecule has 1 aliphatic rings. The van der Waals surface area contributed by atoms with Crippen LogP contribution in [0.1, 0.15) is 5.56 Å². The van der Waals surface area contributed by atoms with E-state index in [2.05, 4.69) is 4.72 Å². The van der Waals surface area contributed by atoms with Gasteiger partial charge in [-0.1, -0.05) is 0 Å². The summed E-state index contributed by atoms with van der Waals surface area (Å²) in [6.07, 6.45) is 0.402. The Morgan fingerprint density at radius 3 is 2.82 bits per heavy atom. The van der Waals surface area contributed by atoms with E-state index in [0.29, 0.717) is 17.0 Å². The predicted octanol–water partition coefficient (Wildman–Crippen LogP) is 0.446. The van der Waals surface area contributed by atoms with E-state index in [-0.39, 0.29) is 6.42 Å². The Morgan fingerprint density at radius 1 is 1.53 bits per heavy atom. The molecule has 0 spiro atoms. The van der Waals surface area contributed by atoms with Gasteiger partial charge in [0.2, 0.25) is 10.0 Å². The lowest BCUT2D eigenvalue weighted by Crippen LogP contribution is -2.24. The van der Waals surface area contributed by atoms with E-state index >= 15 is 0 Å². The number of benzene rings is 1. The van der Waals surface area contributed by atoms with Crippen molar-refractivity contribution in [3.05, 3.63) is 23.8 Å². The van der Waals surface area contributed by atoms with Crippen LogP contribution in [0, 0.1) is 0 Å². The van der Waals surface area contributed by atoms with Crippen LogP contribution in [0.3, 0.4) is 0 Å². The number of carbonyl (C=O) groups is 1. The second-order valence-corrected chi connectivity index (χ2v) is 5.59. The number of fused-ring (bicyclic) bond motifs is 1. The molecule has 0 aliphatic carbocycles. The molecule has 2 rings (SSSR count). The molecule has 0 bridgehead atoms. The first-order valence-electron chi connectivity index (χ1n) is 4.85. The number of hydrogen-bond donors (Lipinski definition) is 2. The van der Waals surface area contributed by atoms with Gasteiger partial charge < -0.3 is 9.84 Å². The van der Waals surface area contributed by atoms with Crippen molar-refractivity contribution >= 4 is 21.7 Å².